The average molecular weight is 252 g/mol. The van der Waals surface area contributed by atoms with Crippen LogP contribution in [0.5, 0.6) is 0 Å². The minimum atomic E-state index is 0.154. The third kappa shape index (κ3) is 2.44. The van der Waals surface area contributed by atoms with Crippen molar-refractivity contribution in [3.05, 3.63) is 16.1 Å². The molecule has 0 aliphatic heterocycles. The van der Waals surface area contributed by atoms with E-state index in [2.05, 4.69) is 17.8 Å². The van der Waals surface area contributed by atoms with Crippen molar-refractivity contribution < 1.29 is 8.75 Å². The zero-order valence-corrected chi connectivity index (χ0v) is 12.1. The number of carbonyl (C=O) groups is 1. The molecule has 1 aromatic rings. The van der Waals surface area contributed by atoms with E-state index in [4.69, 9.17) is 0 Å². The molecule has 1 heterocycles. The van der Waals surface area contributed by atoms with Gasteiger partial charge in [-0.25, -0.2) is 0 Å². The first-order valence-electron chi connectivity index (χ1n) is 6.58. The number of ketones is 1. The summed E-state index contributed by atoms with van der Waals surface area (Å²) in [6, 6.07) is 0.523. The number of Topliss-reactive ketones (excluding diaryl/α,β-unsaturated/α-hetero) is 1. The first-order chi connectivity index (χ1) is 8.00. The number of fused-ring (bicyclic) bond motifs is 1. The van der Waals surface area contributed by atoms with Crippen molar-refractivity contribution in [3.8, 4) is 0 Å². The molecule has 0 saturated heterocycles. The minimum absolute atomic E-state index is 0.154. The van der Waals surface area contributed by atoms with Crippen LogP contribution in [0.15, 0.2) is 0 Å². The van der Waals surface area contributed by atoms with E-state index in [0.717, 1.165) is 0 Å². The van der Waals surface area contributed by atoms with Crippen molar-refractivity contribution in [2.45, 2.75) is 59.4 Å². The number of rotatable bonds is 4. The maximum absolute atomic E-state index is 11.9. The Kier molecular flexibility index (Phi) is 3.67. The van der Waals surface area contributed by atoms with Crippen molar-refractivity contribution in [2.75, 3.05) is 0 Å². The molecule has 1 aliphatic carbocycles. The molecule has 17 heavy (non-hydrogen) atoms. The Morgan fingerprint density at radius 3 is 2.59 bits per heavy atom. The number of hydrogen-bond acceptors (Lipinski definition) is 2. The number of aromatic nitrogens is 1. The van der Waals surface area contributed by atoms with Crippen LogP contribution < -0.4 is 3.96 Å². The van der Waals surface area contributed by atoms with Crippen molar-refractivity contribution in [2.24, 2.45) is 5.92 Å². The van der Waals surface area contributed by atoms with E-state index in [1.165, 1.54) is 35.4 Å². The van der Waals surface area contributed by atoms with Crippen LogP contribution in [0.2, 0.25) is 0 Å². The number of carbonyl (C=O) groups excluding carboxylic acids is 1. The average Bonchev–Trinajstić information content (AvgIpc) is 2.80. The van der Waals surface area contributed by atoms with Gasteiger partial charge in [0, 0.05) is 24.3 Å². The lowest BCUT2D eigenvalue weighted by molar-refractivity contribution is -0.657. The molecule has 0 aromatic carbocycles. The molecule has 0 fully saturated rings. The summed E-state index contributed by atoms with van der Waals surface area (Å²) < 4.78 is 2.41. The van der Waals surface area contributed by atoms with Crippen LogP contribution >= 0.6 is 11.5 Å². The molecule has 0 unspecified atom stereocenters. The summed E-state index contributed by atoms with van der Waals surface area (Å²) in [5.74, 6) is 0.526. The summed E-state index contributed by atoms with van der Waals surface area (Å²) >= 11 is 1.81. The Morgan fingerprint density at radius 2 is 2.00 bits per heavy atom. The Morgan fingerprint density at radius 1 is 1.29 bits per heavy atom. The largest absolute Gasteiger partial charge is 0.299 e. The molecule has 0 amide bonds. The zero-order valence-electron chi connectivity index (χ0n) is 11.2. The van der Waals surface area contributed by atoms with Gasteiger partial charge in [0.05, 0.1) is 4.88 Å². The van der Waals surface area contributed by atoms with Crippen molar-refractivity contribution in [1.82, 2.24) is 0 Å². The lowest BCUT2D eigenvalue weighted by Crippen LogP contribution is -2.35. The van der Waals surface area contributed by atoms with E-state index >= 15 is 0 Å². The van der Waals surface area contributed by atoms with Gasteiger partial charge in [-0.15, -0.1) is 3.96 Å². The van der Waals surface area contributed by atoms with Gasteiger partial charge >= 0.3 is 0 Å². The standard InChI is InChI=1S/C14H22NOS/c1-9(2)13(16)8-14-11-6-5-7-12(11)15(17-14)10(3)4/h9-10H,5-8H2,1-4H3/q+1. The fourth-order valence-electron chi connectivity index (χ4n) is 2.42. The summed E-state index contributed by atoms with van der Waals surface area (Å²) in [5.41, 5.74) is 2.98. The summed E-state index contributed by atoms with van der Waals surface area (Å²) in [6.07, 6.45) is 4.27. The molecule has 2 nitrogen and oxygen atoms in total. The Balaban J connectivity index is 2.29. The smallest absolute Gasteiger partial charge is 0.200 e. The van der Waals surface area contributed by atoms with Crippen LogP contribution in [-0.4, -0.2) is 5.78 Å². The van der Waals surface area contributed by atoms with Crippen LogP contribution in [-0.2, 0) is 24.1 Å². The molecular formula is C14H22NOS+. The molecule has 0 N–H and O–H groups in total. The van der Waals surface area contributed by atoms with E-state index in [0.29, 0.717) is 18.2 Å². The third-order valence-corrected chi connectivity index (χ3v) is 4.90. The maximum atomic E-state index is 11.9. The SMILES string of the molecule is CC(C)C(=O)Cc1s[n+](C(C)C)c2c1CCC2. The van der Waals surface area contributed by atoms with E-state index in [1.807, 2.05) is 25.4 Å². The van der Waals surface area contributed by atoms with Gasteiger partial charge in [-0.05, 0) is 26.7 Å². The first-order valence-corrected chi connectivity index (χ1v) is 7.36. The van der Waals surface area contributed by atoms with Crippen LogP contribution in [0.4, 0.5) is 0 Å². The quantitative estimate of drug-likeness (QED) is 0.755. The van der Waals surface area contributed by atoms with E-state index in [9.17, 15) is 4.79 Å². The minimum Gasteiger partial charge on any atom is -0.299 e. The van der Waals surface area contributed by atoms with Crippen molar-refractivity contribution >= 4 is 17.3 Å². The normalized spacial score (nSPS) is 14.7. The molecule has 2 rings (SSSR count). The lowest BCUT2D eigenvalue weighted by atomic mass is 10.0. The third-order valence-electron chi connectivity index (χ3n) is 3.45. The Hall–Kier alpha value is -0.700. The molecule has 3 heteroatoms. The highest BCUT2D eigenvalue weighted by Gasteiger charge is 2.32. The Labute approximate surface area is 108 Å². The fourth-order valence-corrected chi connectivity index (χ4v) is 3.72. The molecular weight excluding hydrogens is 230 g/mol. The second-order valence-corrected chi connectivity index (χ2v) is 6.58. The van der Waals surface area contributed by atoms with Crippen LogP contribution in [0.1, 0.15) is 56.3 Å². The summed E-state index contributed by atoms with van der Waals surface area (Å²) in [7, 11) is 0. The molecule has 0 spiro atoms. The van der Waals surface area contributed by atoms with Crippen LogP contribution in [0, 0.1) is 5.92 Å². The fraction of sp³-hybridized carbons (Fsp3) is 0.714. The summed E-state index contributed by atoms with van der Waals surface area (Å²) in [4.78, 5) is 13.2. The highest BCUT2D eigenvalue weighted by atomic mass is 32.1. The Bertz CT molecular complexity index is 432. The van der Waals surface area contributed by atoms with Gasteiger partial charge in [0.1, 0.15) is 17.3 Å². The van der Waals surface area contributed by atoms with E-state index in [-0.39, 0.29) is 5.92 Å². The van der Waals surface area contributed by atoms with E-state index in [1.54, 1.807) is 0 Å². The van der Waals surface area contributed by atoms with Gasteiger partial charge < -0.3 is 0 Å². The summed E-state index contributed by atoms with van der Waals surface area (Å²) in [6.45, 7) is 8.44. The summed E-state index contributed by atoms with van der Waals surface area (Å²) in [5, 5.41) is 0. The van der Waals surface area contributed by atoms with Gasteiger partial charge in [-0.1, -0.05) is 13.8 Å². The predicted octanol–water partition coefficient (Wildman–Crippen LogP) is 2.87. The van der Waals surface area contributed by atoms with Gasteiger partial charge in [0.15, 0.2) is 11.7 Å². The molecule has 1 aromatic heterocycles. The predicted molar refractivity (Wildman–Crippen MR) is 70.5 cm³/mol. The topological polar surface area (TPSA) is 20.9 Å². The monoisotopic (exact) mass is 252 g/mol. The number of hydrogen-bond donors (Lipinski definition) is 0. The van der Waals surface area contributed by atoms with Crippen LogP contribution in [0.25, 0.3) is 0 Å². The molecule has 0 bridgehead atoms. The highest BCUT2D eigenvalue weighted by molar-refractivity contribution is 7.02. The van der Waals surface area contributed by atoms with Gasteiger partial charge in [-0.3, -0.25) is 4.79 Å². The molecule has 0 radical (unpaired) electrons. The van der Waals surface area contributed by atoms with Crippen molar-refractivity contribution in [3.63, 3.8) is 0 Å². The second kappa shape index (κ2) is 4.89. The highest BCUT2D eigenvalue weighted by Crippen LogP contribution is 2.28. The van der Waals surface area contributed by atoms with Gasteiger partial charge in [-0.2, -0.15) is 0 Å². The van der Waals surface area contributed by atoms with Crippen LogP contribution in [0.3, 0.4) is 0 Å². The molecule has 1 aliphatic rings. The number of nitrogens with zero attached hydrogens (tertiary/aromatic N) is 1. The molecule has 94 valence electrons. The molecule has 0 atom stereocenters. The molecule has 0 saturated carbocycles. The van der Waals surface area contributed by atoms with Gasteiger partial charge in [0.25, 0.3) is 0 Å². The first kappa shape index (κ1) is 12.7. The van der Waals surface area contributed by atoms with E-state index < -0.39 is 0 Å². The maximum Gasteiger partial charge on any atom is 0.200 e. The lowest BCUT2D eigenvalue weighted by Gasteiger charge is -2.01. The zero-order chi connectivity index (χ0) is 12.6. The van der Waals surface area contributed by atoms with Gasteiger partial charge in [0.2, 0.25) is 0 Å². The second-order valence-electron chi connectivity index (χ2n) is 5.51. The van der Waals surface area contributed by atoms with Crippen molar-refractivity contribution in [1.29, 1.82) is 0 Å².